The number of thioether (sulfide) groups is 1. The Kier molecular flexibility index (Phi) is 6.00. The number of nitrogens with two attached hydrogens (primary N) is 1. The lowest BCUT2D eigenvalue weighted by molar-refractivity contribution is -0.384. The van der Waals surface area contributed by atoms with Gasteiger partial charge in [0.25, 0.3) is 5.69 Å². The topological polar surface area (TPSA) is 69.2 Å². The van der Waals surface area contributed by atoms with Crippen LogP contribution in [0, 0.1) is 10.1 Å². The van der Waals surface area contributed by atoms with Gasteiger partial charge in [-0.15, -0.1) is 11.8 Å². The lowest BCUT2D eigenvalue weighted by Gasteiger charge is -2.04. The van der Waals surface area contributed by atoms with Crippen molar-refractivity contribution >= 4 is 17.4 Å². The normalized spacial score (nSPS) is 12.4. The van der Waals surface area contributed by atoms with E-state index in [1.54, 1.807) is 36.0 Å². The van der Waals surface area contributed by atoms with E-state index < -0.39 is 0 Å². The Bertz CT molecular complexity index is 352. The number of nitro groups is 1. The number of hydrogen-bond acceptors (Lipinski definition) is 4. The quantitative estimate of drug-likeness (QED) is 0.351. The number of benzene rings is 1. The number of nitrogens with zero attached hydrogens (tertiary/aromatic N) is 1. The first-order valence-electron chi connectivity index (χ1n) is 5.72. The third-order valence-electron chi connectivity index (χ3n) is 2.37. The van der Waals surface area contributed by atoms with Crippen LogP contribution in [0.4, 0.5) is 5.69 Å². The molecule has 0 amide bonds. The molecule has 0 bridgehead atoms. The maximum Gasteiger partial charge on any atom is 0.269 e. The maximum atomic E-state index is 10.5. The summed E-state index contributed by atoms with van der Waals surface area (Å²) in [6, 6.07) is 6.97. The van der Waals surface area contributed by atoms with Gasteiger partial charge in [0.05, 0.1) is 4.92 Å². The average Bonchev–Trinajstić information content (AvgIpc) is 2.29. The second-order valence-corrected chi connectivity index (χ2v) is 5.24. The molecule has 1 atom stereocenters. The van der Waals surface area contributed by atoms with E-state index in [4.69, 9.17) is 5.73 Å². The molecular formula is C12H18N2O2S. The van der Waals surface area contributed by atoms with Crippen LogP contribution >= 0.6 is 11.8 Å². The predicted molar refractivity (Wildman–Crippen MR) is 71.3 cm³/mol. The highest BCUT2D eigenvalue weighted by Gasteiger charge is 2.03. The Morgan fingerprint density at radius 1 is 1.35 bits per heavy atom. The van der Waals surface area contributed by atoms with Gasteiger partial charge in [0, 0.05) is 23.1 Å². The molecule has 0 spiro atoms. The van der Waals surface area contributed by atoms with Crippen molar-refractivity contribution in [3.8, 4) is 0 Å². The van der Waals surface area contributed by atoms with Crippen molar-refractivity contribution in [2.45, 2.75) is 37.1 Å². The fourth-order valence-electron chi connectivity index (χ4n) is 1.42. The van der Waals surface area contributed by atoms with Gasteiger partial charge in [0.15, 0.2) is 0 Å². The molecule has 5 heteroatoms. The summed E-state index contributed by atoms with van der Waals surface area (Å²) in [4.78, 5) is 11.2. The molecule has 0 aliphatic heterocycles. The monoisotopic (exact) mass is 254 g/mol. The van der Waals surface area contributed by atoms with Crippen LogP contribution in [-0.4, -0.2) is 16.7 Å². The summed E-state index contributed by atoms with van der Waals surface area (Å²) in [5.74, 6) is 1.03. The minimum atomic E-state index is -0.378. The van der Waals surface area contributed by atoms with Crippen LogP contribution in [0.1, 0.15) is 26.2 Å². The number of unbranched alkanes of at least 4 members (excludes halogenated alkanes) is 1. The van der Waals surface area contributed by atoms with Gasteiger partial charge in [0.1, 0.15) is 0 Å². The van der Waals surface area contributed by atoms with Crippen molar-refractivity contribution in [3.63, 3.8) is 0 Å². The number of rotatable bonds is 7. The van der Waals surface area contributed by atoms with Crippen molar-refractivity contribution in [1.82, 2.24) is 0 Å². The first-order valence-corrected chi connectivity index (χ1v) is 6.71. The molecule has 1 aromatic carbocycles. The first kappa shape index (κ1) is 14.0. The molecule has 0 radical (unpaired) electrons. The van der Waals surface area contributed by atoms with Gasteiger partial charge < -0.3 is 5.73 Å². The number of nitro benzene ring substituents is 1. The molecule has 0 heterocycles. The highest BCUT2D eigenvalue weighted by molar-refractivity contribution is 7.99. The fourth-order valence-corrected chi connectivity index (χ4v) is 2.34. The molecule has 0 aliphatic carbocycles. The average molecular weight is 254 g/mol. The number of non-ortho nitro benzene ring substituents is 1. The van der Waals surface area contributed by atoms with Crippen molar-refractivity contribution in [3.05, 3.63) is 34.4 Å². The minimum absolute atomic E-state index is 0.145. The third kappa shape index (κ3) is 5.70. The third-order valence-corrected chi connectivity index (χ3v) is 3.47. The zero-order valence-corrected chi connectivity index (χ0v) is 10.8. The van der Waals surface area contributed by atoms with Crippen molar-refractivity contribution in [1.29, 1.82) is 0 Å². The first-order chi connectivity index (χ1) is 8.09. The van der Waals surface area contributed by atoms with Gasteiger partial charge in [-0.2, -0.15) is 0 Å². The van der Waals surface area contributed by atoms with Crippen LogP contribution in [0.2, 0.25) is 0 Å². The summed E-state index contributed by atoms with van der Waals surface area (Å²) in [5, 5.41) is 10.5. The molecule has 2 N–H and O–H groups in total. The highest BCUT2D eigenvalue weighted by Crippen LogP contribution is 2.22. The van der Waals surface area contributed by atoms with Gasteiger partial charge in [-0.25, -0.2) is 0 Å². The van der Waals surface area contributed by atoms with E-state index in [1.165, 1.54) is 0 Å². The molecule has 4 nitrogen and oxygen atoms in total. The van der Waals surface area contributed by atoms with E-state index in [0.29, 0.717) is 0 Å². The van der Waals surface area contributed by atoms with Crippen LogP contribution in [0.15, 0.2) is 29.2 Å². The molecule has 1 aromatic rings. The molecule has 1 unspecified atom stereocenters. The van der Waals surface area contributed by atoms with Crippen LogP contribution in [0.5, 0.6) is 0 Å². The molecule has 1 rings (SSSR count). The zero-order chi connectivity index (χ0) is 12.7. The van der Waals surface area contributed by atoms with Crippen LogP contribution < -0.4 is 5.73 Å². The highest BCUT2D eigenvalue weighted by atomic mass is 32.2. The Hall–Kier alpha value is -1.07. The summed E-state index contributed by atoms with van der Waals surface area (Å²) in [5.41, 5.74) is 5.80. The molecule has 0 saturated heterocycles. The summed E-state index contributed by atoms with van der Waals surface area (Å²) < 4.78 is 0. The molecule has 0 aliphatic rings. The largest absolute Gasteiger partial charge is 0.328 e. The van der Waals surface area contributed by atoms with Crippen molar-refractivity contribution < 1.29 is 4.92 Å². The van der Waals surface area contributed by atoms with Crippen LogP contribution in [-0.2, 0) is 0 Å². The standard InChI is InChI=1S/C12H18N2O2S/c1-10(13)4-2-3-9-17-12-7-5-11(6-8-12)14(15)16/h5-8,10H,2-4,9,13H2,1H3. The second-order valence-electron chi connectivity index (χ2n) is 4.07. The Morgan fingerprint density at radius 3 is 2.53 bits per heavy atom. The predicted octanol–water partition coefficient (Wildman–Crippen LogP) is 3.20. The van der Waals surface area contributed by atoms with Crippen molar-refractivity contribution in [2.75, 3.05) is 5.75 Å². The van der Waals surface area contributed by atoms with E-state index in [2.05, 4.69) is 0 Å². The summed E-state index contributed by atoms with van der Waals surface area (Å²) in [6.07, 6.45) is 3.32. The van der Waals surface area contributed by atoms with E-state index >= 15 is 0 Å². The Balaban J connectivity index is 2.25. The van der Waals surface area contributed by atoms with E-state index in [-0.39, 0.29) is 16.7 Å². The van der Waals surface area contributed by atoms with Gasteiger partial charge in [-0.1, -0.05) is 6.42 Å². The van der Waals surface area contributed by atoms with E-state index in [9.17, 15) is 10.1 Å². The summed E-state index contributed by atoms with van der Waals surface area (Å²) in [7, 11) is 0. The molecule has 17 heavy (non-hydrogen) atoms. The van der Waals surface area contributed by atoms with Gasteiger partial charge in [-0.3, -0.25) is 10.1 Å². The number of hydrogen-bond donors (Lipinski definition) is 1. The van der Waals surface area contributed by atoms with Gasteiger partial charge in [-0.05, 0) is 37.7 Å². The van der Waals surface area contributed by atoms with E-state index in [1.807, 2.05) is 6.92 Å². The maximum absolute atomic E-state index is 10.5. The van der Waals surface area contributed by atoms with Crippen LogP contribution in [0.25, 0.3) is 0 Å². The lowest BCUT2D eigenvalue weighted by atomic mass is 10.2. The summed E-state index contributed by atoms with van der Waals surface area (Å²) in [6.45, 7) is 2.02. The van der Waals surface area contributed by atoms with Gasteiger partial charge in [0.2, 0.25) is 0 Å². The smallest absolute Gasteiger partial charge is 0.269 e. The molecule has 0 aromatic heterocycles. The summed E-state index contributed by atoms with van der Waals surface area (Å²) >= 11 is 1.73. The van der Waals surface area contributed by atoms with Crippen molar-refractivity contribution in [2.24, 2.45) is 5.73 Å². The minimum Gasteiger partial charge on any atom is -0.328 e. The Labute approximate surface area is 106 Å². The van der Waals surface area contributed by atoms with E-state index in [0.717, 1.165) is 29.9 Å². The second kappa shape index (κ2) is 7.29. The zero-order valence-electron chi connectivity index (χ0n) is 9.96. The van der Waals surface area contributed by atoms with Gasteiger partial charge >= 0.3 is 0 Å². The molecular weight excluding hydrogens is 236 g/mol. The van der Waals surface area contributed by atoms with Crippen LogP contribution in [0.3, 0.4) is 0 Å². The molecule has 0 saturated carbocycles. The lowest BCUT2D eigenvalue weighted by Crippen LogP contribution is -2.13. The SMILES string of the molecule is CC(N)CCCCSc1ccc([N+](=O)[O-])cc1. The Morgan fingerprint density at radius 2 is 2.00 bits per heavy atom. The molecule has 94 valence electrons. The molecule has 0 fully saturated rings. The fraction of sp³-hybridized carbons (Fsp3) is 0.500.